The summed E-state index contributed by atoms with van der Waals surface area (Å²) in [5.74, 6) is -0.127. The molecule has 0 spiro atoms. The van der Waals surface area contributed by atoms with Gasteiger partial charge in [-0.3, -0.25) is 9.59 Å². The molecule has 0 fully saturated rings. The van der Waals surface area contributed by atoms with E-state index in [2.05, 4.69) is 0 Å². The van der Waals surface area contributed by atoms with Crippen LogP contribution >= 0.6 is 0 Å². The molecule has 5 nitrogen and oxygen atoms in total. The van der Waals surface area contributed by atoms with Crippen molar-refractivity contribution in [2.24, 2.45) is 0 Å². The number of pyridine rings is 1. The van der Waals surface area contributed by atoms with E-state index >= 15 is 0 Å². The highest BCUT2D eigenvalue weighted by Crippen LogP contribution is 2.26. The van der Waals surface area contributed by atoms with Crippen molar-refractivity contribution in [3.8, 4) is 6.07 Å². The fraction of sp³-hybridized carbons (Fsp3) is 0.278. The molecular formula is C18H17N3O2. The number of para-hydroxylation sites is 1. The summed E-state index contributed by atoms with van der Waals surface area (Å²) >= 11 is 0. The minimum absolute atomic E-state index is 0.0471. The summed E-state index contributed by atoms with van der Waals surface area (Å²) in [5.41, 5.74) is 2.40. The van der Waals surface area contributed by atoms with Crippen LogP contribution in [-0.4, -0.2) is 17.0 Å². The second-order valence-corrected chi connectivity index (χ2v) is 5.67. The first-order valence-corrected chi connectivity index (χ1v) is 7.60. The number of anilines is 1. The van der Waals surface area contributed by atoms with Gasteiger partial charge in [-0.05, 0) is 43.5 Å². The summed E-state index contributed by atoms with van der Waals surface area (Å²) in [7, 11) is 0. The van der Waals surface area contributed by atoms with Crippen LogP contribution in [0.15, 0.2) is 41.2 Å². The van der Waals surface area contributed by atoms with Crippen LogP contribution in [0.2, 0.25) is 0 Å². The lowest BCUT2D eigenvalue weighted by Crippen LogP contribution is -2.40. The molecule has 0 saturated carbocycles. The van der Waals surface area contributed by atoms with Gasteiger partial charge in [0.2, 0.25) is 5.91 Å². The zero-order valence-corrected chi connectivity index (χ0v) is 13.0. The number of aromatic nitrogens is 1. The molecule has 2 heterocycles. The summed E-state index contributed by atoms with van der Waals surface area (Å²) in [5, 5.41) is 8.99. The van der Waals surface area contributed by atoms with Crippen LogP contribution in [0.25, 0.3) is 0 Å². The third kappa shape index (κ3) is 2.76. The molecule has 116 valence electrons. The Bertz CT molecular complexity index is 861. The van der Waals surface area contributed by atoms with Crippen LogP contribution < -0.4 is 10.5 Å². The minimum atomic E-state index is -0.411. The number of fused-ring (bicyclic) bond motifs is 1. The second kappa shape index (κ2) is 6.09. The van der Waals surface area contributed by atoms with E-state index in [0.717, 1.165) is 24.1 Å². The number of rotatable bonds is 2. The van der Waals surface area contributed by atoms with Crippen molar-refractivity contribution in [1.82, 2.24) is 4.57 Å². The lowest BCUT2D eigenvalue weighted by atomic mass is 10.0. The van der Waals surface area contributed by atoms with Gasteiger partial charge in [0.15, 0.2) is 0 Å². The Kier molecular flexibility index (Phi) is 3.98. The Balaban J connectivity index is 1.93. The predicted octanol–water partition coefficient (Wildman–Crippen LogP) is 2.01. The molecule has 0 bridgehead atoms. The van der Waals surface area contributed by atoms with Gasteiger partial charge < -0.3 is 9.47 Å². The molecular weight excluding hydrogens is 290 g/mol. The van der Waals surface area contributed by atoms with Crippen LogP contribution in [0.4, 0.5) is 5.69 Å². The van der Waals surface area contributed by atoms with Gasteiger partial charge in [-0.2, -0.15) is 5.26 Å². The standard InChI is InChI=1S/C18H17N3O2/c1-13-8-9-15(11-19)18(23)21(13)12-17(22)20-10-4-6-14-5-2-3-7-16(14)20/h2-3,5,7-9H,4,6,10,12H2,1H3. The van der Waals surface area contributed by atoms with Gasteiger partial charge in [-0.25, -0.2) is 0 Å². The second-order valence-electron chi connectivity index (χ2n) is 5.67. The molecule has 2 aromatic rings. The molecule has 5 heteroatoms. The van der Waals surface area contributed by atoms with Crippen LogP contribution in [0.3, 0.4) is 0 Å². The van der Waals surface area contributed by atoms with Crippen molar-refractivity contribution >= 4 is 11.6 Å². The van der Waals surface area contributed by atoms with Gasteiger partial charge in [0.1, 0.15) is 18.2 Å². The number of nitriles is 1. The molecule has 3 rings (SSSR count). The molecule has 0 aliphatic carbocycles. The van der Waals surface area contributed by atoms with E-state index in [9.17, 15) is 9.59 Å². The first-order valence-electron chi connectivity index (χ1n) is 7.60. The van der Waals surface area contributed by atoms with Crippen molar-refractivity contribution in [2.45, 2.75) is 26.3 Å². The number of hydrogen-bond acceptors (Lipinski definition) is 3. The number of carbonyl (C=O) groups excluding carboxylic acids is 1. The van der Waals surface area contributed by atoms with Crippen LogP contribution in [0.1, 0.15) is 23.2 Å². The number of aryl methyl sites for hydroxylation is 2. The molecule has 0 N–H and O–H groups in total. The van der Waals surface area contributed by atoms with Crippen LogP contribution in [0, 0.1) is 18.3 Å². The fourth-order valence-corrected chi connectivity index (χ4v) is 2.97. The number of amides is 1. The van der Waals surface area contributed by atoms with Gasteiger partial charge in [0, 0.05) is 17.9 Å². The quantitative estimate of drug-likeness (QED) is 0.852. The van der Waals surface area contributed by atoms with Gasteiger partial charge in [0.25, 0.3) is 5.56 Å². The van der Waals surface area contributed by atoms with E-state index < -0.39 is 5.56 Å². The molecule has 23 heavy (non-hydrogen) atoms. The normalized spacial score (nSPS) is 13.3. The molecule has 1 aromatic carbocycles. The Morgan fingerprint density at radius 2 is 2.04 bits per heavy atom. The number of hydrogen-bond donors (Lipinski definition) is 0. The fourth-order valence-electron chi connectivity index (χ4n) is 2.97. The highest BCUT2D eigenvalue weighted by Gasteiger charge is 2.23. The molecule has 1 aliphatic rings. The number of nitrogens with zero attached hydrogens (tertiary/aromatic N) is 3. The smallest absolute Gasteiger partial charge is 0.269 e. The van der Waals surface area contributed by atoms with E-state index in [4.69, 9.17) is 5.26 Å². The summed E-state index contributed by atoms with van der Waals surface area (Å²) in [4.78, 5) is 26.7. The van der Waals surface area contributed by atoms with Gasteiger partial charge >= 0.3 is 0 Å². The summed E-state index contributed by atoms with van der Waals surface area (Å²) < 4.78 is 1.37. The minimum Gasteiger partial charge on any atom is -0.311 e. The van der Waals surface area contributed by atoms with Crippen LogP contribution in [-0.2, 0) is 17.8 Å². The highest BCUT2D eigenvalue weighted by molar-refractivity contribution is 5.94. The average molecular weight is 307 g/mol. The van der Waals surface area contributed by atoms with E-state index in [1.165, 1.54) is 10.6 Å². The third-order valence-corrected chi connectivity index (χ3v) is 4.22. The van der Waals surface area contributed by atoms with E-state index in [1.54, 1.807) is 17.9 Å². The average Bonchev–Trinajstić information content (AvgIpc) is 2.58. The van der Waals surface area contributed by atoms with Gasteiger partial charge in [-0.1, -0.05) is 18.2 Å². The van der Waals surface area contributed by atoms with Crippen molar-refractivity contribution in [3.05, 3.63) is 63.6 Å². The Morgan fingerprint density at radius 1 is 1.26 bits per heavy atom. The molecule has 0 atom stereocenters. The summed E-state index contributed by atoms with van der Waals surface area (Å²) in [6.07, 6.45) is 1.87. The third-order valence-electron chi connectivity index (χ3n) is 4.22. The maximum atomic E-state index is 12.7. The number of carbonyl (C=O) groups is 1. The zero-order valence-electron chi connectivity index (χ0n) is 13.0. The first kappa shape index (κ1) is 15.0. The molecule has 1 aromatic heterocycles. The molecule has 0 saturated heterocycles. The van der Waals surface area contributed by atoms with Crippen molar-refractivity contribution < 1.29 is 4.79 Å². The maximum Gasteiger partial charge on any atom is 0.269 e. The Hall–Kier alpha value is -2.87. The Labute approximate surface area is 134 Å². The summed E-state index contributed by atoms with van der Waals surface area (Å²) in [6, 6.07) is 12.9. The van der Waals surface area contributed by atoms with E-state index in [1.807, 2.05) is 30.3 Å². The zero-order chi connectivity index (χ0) is 16.4. The lowest BCUT2D eigenvalue weighted by Gasteiger charge is -2.29. The van der Waals surface area contributed by atoms with Crippen molar-refractivity contribution in [3.63, 3.8) is 0 Å². The first-order chi connectivity index (χ1) is 11.1. The van der Waals surface area contributed by atoms with Crippen molar-refractivity contribution in [2.75, 3.05) is 11.4 Å². The van der Waals surface area contributed by atoms with E-state index in [-0.39, 0.29) is 18.0 Å². The molecule has 0 unspecified atom stereocenters. The maximum absolute atomic E-state index is 12.7. The topological polar surface area (TPSA) is 66.1 Å². The van der Waals surface area contributed by atoms with Crippen LogP contribution in [0.5, 0.6) is 0 Å². The monoisotopic (exact) mass is 307 g/mol. The van der Waals surface area contributed by atoms with Gasteiger partial charge in [-0.15, -0.1) is 0 Å². The lowest BCUT2D eigenvalue weighted by molar-refractivity contribution is -0.119. The Morgan fingerprint density at radius 3 is 2.83 bits per heavy atom. The molecule has 0 radical (unpaired) electrons. The van der Waals surface area contributed by atoms with Gasteiger partial charge in [0.05, 0.1) is 0 Å². The summed E-state index contributed by atoms with van der Waals surface area (Å²) in [6.45, 7) is 2.37. The molecule has 1 aliphatic heterocycles. The number of benzene rings is 1. The molecule has 1 amide bonds. The predicted molar refractivity (Wildman–Crippen MR) is 87.3 cm³/mol. The SMILES string of the molecule is Cc1ccc(C#N)c(=O)n1CC(=O)N1CCCc2ccccc21. The largest absolute Gasteiger partial charge is 0.311 e. The van der Waals surface area contributed by atoms with Crippen molar-refractivity contribution in [1.29, 1.82) is 5.26 Å². The van der Waals surface area contributed by atoms with E-state index in [0.29, 0.717) is 12.2 Å². The highest BCUT2D eigenvalue weighted by atomic mass is 16.2.